The maximum Gasteiger partial charge on any atom is 0.306 e. The molecule has 2 aromatic heterocycles. The predicted molar refractivity (Wildman–Crippen MR) is 80.8 cm³/mol. The quantitative estimate of drug-likeness (QED) is 0.580. The van der Waals surface area contributed by atoms with Crippen LogP contribution in [-0.4, -0.2) is 15.8 Å². The van der Waals surface area contributed by atoms with Crippen molar-refractivity contribution in [3.63, 3.8) is 0 Å². The van der Waals surface area contributed by atoms with Crippen LogP contribution in [-0.2, 0) is 0 Å². The zero-order valence-corrected chi connectivity index (χ0v) is 12.2. The molecule has 1 aromatic carbocycles. The number of nitro benzene ring substituents is 1. The van der Waals surface area contributed by atoms with Gasteiger partial charge in [-0.1, -0.05) is 0 Å². The molecule has 1 N–H and O–H groups in total. The topological polar surface area (TPSA) is 98.3 Å². The van der Waals surface area contributed by atoms with Crippen LogP contribution in [0.25, 0.3) is 10.6 Å². The van der Waals surface area contributed by atoms with Gasteiger partial charge in [-0.2, -0.15) is 4.39 Å². The number of hydrogen-bond acceptors (Lipinski definition) is 6. The maximum atomic E-state index is 13.3. The number of rotatable bonds is 4. The van der Waals surface area contributed by atoms with Crippen molar-refractivity contribution in [1.82, 2.24) is 4.98 Å². The molecule has 0 fully saturated rings. The lowest BCUT2D eigenvalue weighted by atomic mass is 10.2. The zero-order valence-electron chi connectivity index (χ0n) is 11.4. The number of hydrogen-bond donors (Lipinski definition) is 1. The highest BCUT2D eigenvalue weighted by Crippen LogP contribution is 2.25. The van der Waals surface area contributed by atoms with Gasteiger partial charge in [0.05, 0.1) is 11.2 Å². The van der Waals surface area contributed by atoms with Crippen molar-refractivity contribution in [2.45, 2.75) is 0 Å². The Morgan fingerprint density at radius 2 is 2.22 bits per heavy atom. The molecule has 1 amide bonds. The lowest BCUT2D eigenvalue weighted by Gasteiger charge is -2.03. The van der Waals surface area contributed by atoms with E-state index in [1.807, 2.05) is 0 Å². The fourth-order valence-electron chi connectivity index (χ4n) is 1.82. The monoisotopic (exact) mass is 333 g/mol. The molecule has 116 valence electrons. The molecule has 0 aliphatic rings. The molecule has 0 saturated carbocycles. The van der Waals surface area contributed by atoms with Crippen molar-refractivity contribution >= 4 is 28.6 Å². The normalized spacial score (nSPS) is 10.5. The summed E-state index contributed by atoms with van der Waals surface area (Å²) in [6, 6.07) is 4.83. The van der Waals surface area contributed by atoms with Crippen LogP contribution in [0, 0.1) is 15.9 Å². The number of amides is 1. The first-order valence-corrected chi connectivity index (χ1v) is 7.16. The van der Waals surface area contributed by atoms with E-state index in [1.54, 1.807) is 11.4 Å². The van der Waals surface area contributed by atoms with Crippen molar-refractivity contribution in [2.75, 3.05) is 5.32 Å². The zero-order chi connectivity index (χ0) is 16.4. The number of benzene rings is 1. The molecular formula is C14H8FN3O4S. The number of nitrogens with one attached hydrogen (secondary N) is 1. The summed E-state index contributed by atoms with van der Waals surface area (Å²) >= 11 is 1.26. The Balaban J connectivity index is 1.80. The number of anilines is 1. The van der Waals surface area contributed by atoms with E-state index in [9.17, 15) is 19.3 Å². The van der Waals surface area contributed by atoms with E-state index >= 15 is 0 Å². The first kappa shape index (κ1) is 14.9. The third kappa shape index (κ3) is 3.09. The highest BCUT2D eigenvalue weighted by atomic mass is 32.1. The first-order chi connectivity index (χ1) is 11.0. The van der Waals surface area contributed by atoms with Crippen LogP contribution in [0.5, 0.6) is 0 Å². The fourth-order valence-corrected chi connectivity index (χ4v) is 2.61. The van der Waals surface area contributed by atoms with E-state index in [-0.39, 0.29) is 11.4 Å². The van der Waals surface area contributed by atoms with Crippen LogP contribution in [0.1, 0.15) is 10.5 Å². The van der Waals surface area contributed by atoms with Crippen molar-refractivity contribution in [3.05, 3.63) is 63.8 Å². The van der Waals surface area contributed by atoms with Gasteiger partial charge < -0.3 is 9.73 Å². The van der Waals surface area contributed by atoms with Gasteiger partial charge in [0.2, 0.25) is 5.82 Å². The van der Waals surface area contributed by atoms with Crippen molar-refractivity contribution in [2.24, 2.45) is 0 Å². The second-order valence-electron chi connectivity index (χ2n) is 4.43. The van der Waals surface area contributed by atoms with E-state index in [0.717, 1.165) is 17.7 Å². The Morgan fingerprint density at radius 3 is 2.91 bits per heavy atom. The number of nitrogens with zero attached hydrogens (tertiary/aromatic N) is 2. The van der Waals surface area contributed by atoms with Crippen LogP contribution in [0.3, 0.4) is 0 Å². The van der Waals surface area contributed by atoms with Gasteiger partial charge >= 0.3 is 5.69 Å². The minimum Gasteiger partial charge on any atom is -0.472 e. The van der Waals surface area contributed by atoms with Gasteiger partial charge in [0, 0.05) is 22.7 Å². The fraction of sp³-hybridized carbons (Fsp3) is 0. The van der Waals surface area contributed by atoms with Gasteiger partial charge in [-0.3, -0.25) is 14.9 Å². The van der Waals surface area contributed by atoms with Crippen LogP contribution in [0.4, 0.5) is 15.8 Å². The number of aromatic nitrogens is 1. The molecule has 23 heavy (non-hydrogen) atoms. The minimum absolute atomic E-state index is 0.112. The van der Waals surface area contributed by atoms with E-state index in [2.05, 4.69) is 10.3 Å². The molecule has 3 rings (SSSR count). The molecule has 9 heteroatoms. The second-order valence-corrected chi connectivity index (χ2v) is 5.29. The van der Waals surface area contributed by atoms with Gasteiger partial charge in [-0.15, -0.1) is 11.3 Å². The van der Waals surface area contributed by atoms with E-state index < -0.39 is 22.3 Å². The number of furan rings is 1. The molecule has 0 bridgehead atoms. The number of carbonyl (C=O) groups is 1. The van der Waals surface area contributed by atoms with Gasteiger partial charge in [0.15, 0.2) is 0 Å². The third-order valence-electron chi connectivity index (χ3n) is 2.91. The summed E-state index contributed by atoms with van der Waals surface area (Å²) in [5.74, 6) is -1.51. The lowest BCUT2D eigenvalue weighted by Crippen LogP contribution is -2.12. The standard InChI is InChI=1S/C14H8FN3O4S/c15-10-2-1-9(5-12(10)18(20)21)16-13(19)11-7-23-14(17-11)8-3-4-22-6-8/h1-7H,(H,16,19). The predicted octanol–water partition coefficient (Wildman–Crippen LogP) is 3.70. The largest absolute Gasteiger partial charge is 0.472 e. The van der Waals surface area contributed by atoms with Crippen molar-refractivity contribution in [1.29, 1.82) is 0 Å². The van der Waals surface area contributed by atoms with Crippen molar-refractivity contribution < 1.29 is 18.5 Å². The first-order valence-electron chi connectivity index (χ1n) is 6.28. The van der Waals surface area contributed by atoms with E-state index in [1.165, 1.54) is 29.9 Å². The van der Waals surface area contributed by atoms with Crippen molar-refractivity contribution in [3.8, 4) is 10.6 Å². The molecule has 0 spiro atoms. The summed E-state index contributed by atoms with van der Waals surface area (Å²) < 4.78 is 18.2. The second kappa shape index (κ2) is 5.97. The molecule has 0 aliphatic carbocycles. The summed E-state index contributed by atoms with van der Waals surface area (Å²) in [5.41, 5.74) is 0.297. The smallest absolute Gasteiger partial charge is 0.306 e. The Bertz CT molecular complexity index is 876. The molecule has 0 unspecified atom stereocenters. The minimum atomic E-state index is -0.969. The molecule has 0 radical (unpaired) electrons. The van der Waals surface area contributed by atoms with Crippen LogP contribution in [0.2, 0.25) is 0 Å². The average molecular weight is 333 g/mol. The molecular weight excluding hydrogens is 325 g/mol. The van der Waals surface area contributed by atoms with Gasteiger partial charge in [0.1, 0.15) is 17.0 Å². The number of thiazole rings is 1. The van der Waals surface area contributed by atoms with Gasteiger partial charge in [0.25, 0.3) is 5.91 Å². The van der Waals surface area contributed by atoms with Gasteiger partial charge in [-0.25, -0.2) is 4.98 Å². The average Bonchev–Trinajstić information content (AvgIpc) is 3.19. The van der Waals surface area contributed by atoms with Crippen LogP contribution >= 0.6 is 11.3 Å². The highest BCUT2D eigenvalue weighted by molar-refractivity contribution is 7.13. The Morgan fingerprint density at radius 1 is 1.39 bits per heavy atom. The summed E-state index contributed by atoms with van der Waals surface area (Å²) in [7, 11) is 0. The Labute approximate surface area is 132 Å². The van der Waals surface area contributed by atoms with Crippen LogP contribution in [0.15, 0.2) is 46.6 Å². The number of halogens is 1. The summed E-state index contributed by atoms with van der Waals surface area (Å²) in [5, 5.41) is 15.3. The summed E-state index contributed by atoms with van der Waals surface area (Å²) in [4.78, 5) is 26.1. The molecule has 3 aromatic rings. The number of carbonyl (C=O) groups excluding carboxylic acids is 1. The highest BCUT2D eigenvalue weighted by Gasteiger charge is 2.17. The SMILES string of the molecule is O=C(Nc1ccc(F)c([N+](=O)[O-])c1)c1csc(-c2ccoc2)n1. The number of nitro groups is 1. The molecule has 2 heterocycles. The lowest BCUT2D eigenvalue weighted by molar-refractivity contribution is -0.387. The van der Waals surface area contributed by atoms with Crippen LogP contribution < -0.4 is 5.32 Å². The van der Waals surface area contributed by atoms with E-state index in [4.69, 9.17) is 4.42 Å². The summed E-state index contributed by atoms with van der Waals surface area (Å²) in [6.07, 6.45) is 3.00. The Hall–Kier alpha value is -3.07. The van der Waals surface area contributed by atoms with E-state index in [0.29, 0.717) is 5.01 Å². The molecule has 0 aliphatic heterocycles. The molecule has 0 saturated heterocycles. The molecule has 7 nitrogen and oxygen atoms in total. The van der Waals surface area contributed by atoms with Gasteiger partial charge in [-0.05, 0) is 18.2 Å². The third-order valence-corrected chi connectivity index (χ3v) is 3.80. The Kier molecular flexibility index (Phi) is 3.85. The molecule has 0 atom stereocenters. The summed E-state index contributed by atoms with van der Waals surface area (Å²) in [6.45, 7) is 0. The maximum absolute atomic E-state index is 13.3.